The lowest BCUT2D eigenvalue weighted by atomic mass is 10.1. The summed E-state index contributed by atoms with van der Waals surface area (Å²) in [4.78, 5) is 15.8. The van der Waals surface area contributed by atoms with E-state index in [2.05, 4.69) is 5.48 Å². The van der Waals surface area contributed by atoms with Crippen LogP contribution in [0.1, 0.15) is 15.9 Å². The Bertz CT molecular complexity index is 341. The number of hydrogen-bond donors (Lipinski definition) is 2. The molecule has 0 heterocycles. The van der Waals surface area contributed by atoms with Crippen molar-refractivity contribution in [2.24, 2.45) is 0 Å². The van der Waals surface area contributed by atoms with E-state index in [4.69, 9.17) is 14.7 Å². The molecule has 0 aliphatic heterocycles. The lowest BCUT2D eigenvalue weighted by Crippen LogP contribution is -2.17. The fourth-order valence-corrected chi connectivity index (χ4v) is 1.15. The van der Waals surface area contributed by atoms with Gasteiger partial charge in [-0.25, -0.2) is 4.79 Å². The number of carboxylic acid groups (broad SMARTS) is 1. The quantitative estimate of drug-likeness (QED) is 0.536. The minimum atomic E-state index is -0.929. The summed E-state index contributed by atoms with van der Waals surface area (Å²) in [5, 5.41) is 8.78. The Balaban J connectivity index is 2.36. The average molecular weight is 225 g/mol. The van der Waals surface area contributed by atoms with Crippen LogP contribution in [0.4, 0.5) is 0 Å². The molecule has 0 aromatic heterocycles. The molecular weight excluding hydrogens is 210 g/mol. The Kier molecular flexibility index (Phi) is 5.49. The van der Waals surface area contributed by atoms with Crippen molar-refractivity contribution in [3.63, 3.8) is 0 Å². The largest absolute Gasteiger partial charge is 0.478 e. The third-order valence-electron chi connectivity index (χ3n) is 1.94. The maximum absolute atomic E-state index is 10.7. The van der Waals surface area contributed by atoms with Gasteiger partial charge in [-0.2, -0.15) is 5.48 Å². The zero-order valence-corrected chi connectivity index (χ0v) is 9.10. The van der Waals surface area contributed by atoms with Gasteiger partial charge in [0, 0.05) is 13.7 Å². The van der Waals surface area contributed by atoms with Crippen LogP contribution in [0.15, 0.2) is 24.3 Å². The number of rotatable bonds is 7. The number of carboxylic acids is 1. The SMILES string of the molecule is COCCONCc1cccc(C(=O)O)c1. The van der Waals surface area contributed by atoms with Gasteiger partial charge in [-0.15, -0.1) is 0 Å². The zero-order chi connectivity index (χ0) is 11.8. The molecule has 0 bridgehead atoms. The number of hydrogen-bond acceptors (Lipinski definition) is 4. The molecule has 0 spiro atoms. The molecule has 1 aromatic carbocycles. The van der Waals surface area contributed by atoms with Gasteiger partial charge in [-0.3, -0.25) is 4.84 Å². The highest BCUT2D eigenvalue weighted by molar-refractivity contribution is 5.87. The minimum Gasteiger partial charge on any atom is -0.478 e. The van der Waals surface area contributed by atoms with Gasteiger partial charge in [0.05, 0.1) is 18.8 Å². The van der Waals surface area contributed by atoms with Crippen molar-refractivity contribution in [1.82, 2.24) is 5.48 Å². The molecular formula is C11H15NO4. The third kappa shape index (κ3) is 4.39. The average Bonchev–Trinajstić information content (AvgIpc) is 2.29. The van der Waals surface area contributed by atoms with Crippen LogP contribution < -0.4 is 5.48 Å². The van der Waals surface area contributed by atoms with Crippen LogP contribution in [-0.2, 0) is 16.1 Å². The molecule has 0 saturated heterocycles. The second-order valence-electron chi connectivity index (χ2n) is 3.17. The fourth-order valence-electron chi connectivity index (χ4n) is 1.15. The van der Waals surface area contributed by atoms with Gasteiger partial charge >= 0.3 is 5.97 Å². The molecule has 0 unspecified atom stereocenters. The Labute approximate surface area is 93.9 Å². The molecule has 0 saturated carbocycles. The molecule has 5 heteroatoms. The van der Waals surface area contributed by atoms with Gasteiger partial charge < -0.3 is 9.84 Å². The summed E-state index contributed by atoms with van der Waals surface area (Å²) in [6.45, 7) is 1.43. The number of nitrogens with one attached hydrogen (secondary N) is 1. The first-order valence-electron chi connectivity index (χ1n) is 4.90. The summed E-state index contributed by atoms with van der Waals surface area (Å²) in [6, 6.07) is 6.70. The number of hydroxylamine groups is 1. The molecule has 88 valence electrons. The smallest absolute Gasteiger partial charge is 0.335 e. The van der Waals surface area contributed by atoms with E-state index in [1.165, 1.54) is 0 Å². The summed E-state index contributed by atoms with van der Waals surface area (Å²) >= 11 is 0. The number of ether oxygens (including phenoxy) is 1. The topological polar surface area (TPSA) is 67.8 Å². The van der Waals surface area contributed by atoms with E-state index < -0.39 is 5.97 Å². The van der Waals surface area contributed by atoms with Gasteiger partial charge in [-0.05, 0) is 17.7 Å². The van der Waals surface area contributed by atoms with E-state index in [0.29, 0.717) is 19.8 Å². The highest BCUT2D eigenvalue weighted by Gasteiger charge is 2.02. The van der Waals surface area contributed by atoms with Gasteiger partial charge in [0.1, 0.15) is 0 Å². The van der Waals surface area contributed by atoms with Crippen LogP contribution in [0.5, 0.6) is 0 Å². The van der Waals surface area contributed by atoms with Crippen molar-refractivity contribution < 1.29 is 19.5 Å². The van der Waals surface area contributed by atoms with E-state index in [-0.39, 0.29) is 5.56 Å². The van der Waals surface area contributed by atoms with Crippen molar-refractivity contribution in [2.75, 3.05) is 20.3 Å². The monoisotopic (exact) mass is 225 g/mol. The molecule has 0 fully saturated rings. The van der Waals surface area contributed by atoms with Crippen molar-refractivity contribution >= 4 is 5.97 Å². The number of aromatic carboxylic acids is 1. The minimum absolute atomic E-state index is 0.274. The highest BCUT2D eigenvalue weighted by atomic mass is 16.7. The lowest BCUT2D eigenvalue weighted by molar-refractivity contribution is 0.00345. The summed E-state index contributed by atoms with van der Waals surface area (Å²) in [5.41, 5.74) is 3.86. The summed E-state index contributed by atoms with van der Waals surface area (Å²) < 4.78 is 4.80. The Morgan fingerprint density at radius 3 is 2.94 bits per heavy atom. The molecule has 0 amide bonds. The molecule has 2 N–H and O–H groups in total. The zero-order valence-electron chi connectivity index (χ0n) is 9.10. The molecule has 1 aromatic rings. The molecule has 0 atom stereocenters. The molecule has 1 rings (SSSR count). The van der Waals surface area contributed by atoms with E-state index in [1.807, 2.05) is 6.07 Å². The molecule has 5 nitrogen and oxygen atoms in total. The normalized spacial score (nSPS) is 10.3. The first kappa shape index (κ1) is 12.6. The standard InChI is InChI=1S/C11H15NO4/c1-15-5-6-16-12-8-9-3-2-4-10(7-9)11(13)14/h2-4,7,12H,5-6,8H2,1H3,(H,13,14). The Morgan fingerprint density at radius 2 is 2.25 bits per heavy atom. The summed E-state index contributed by atoms with van der Waals surface area (Å²) in [6.07, 6.45) is 0. The van der Waals surface area contributed by atoms with E-state index in [0.717, 1.165) is 5.56 Å². The lowest BCUT2D eigenvalue weighted by Gasteiger charge is -2.05. The van der Waals surface area contributed by atoms with Gasteiger partial charge in [-0.1, -0.05) is 12.1 Å². The number of carbonyl (C=O) groups is 1. The van der Waals surface area contributed by atoms with Crippen molar-refractivity contribution in [3.8, 4) is 0 Å². The second kappa shape index (κ2) is 6.95. The first-order chi connectivity index (χ1) is 7.74. The maximum atomic E-state index is 10.7. The summed E-state index contributed by atoms with van der Waals surface area (Å²) in [7, 11) is 1.60. The van der Waals surface area contributed by atoms with Crippen molar-refractivity contribution in [2.45, 2.75) is 6.54 Å². The first-order valence-corrected chi connectivity index (χ1v) is 4.90. The van der Waals surface area contributed by atoms with Gasteiger partial charge in [0.2, 0.25) is 0 Å². The predicted octanol–water partition coefficient (Wildman–Crippen LogP) is 1.05. The van der Waals surface area contributed by atoms with E-state index >= 15 is 0 Å². The van der Waals surface area contributed by atoms with Crippen LogP contribution >= 0.6 is 0 Å². The van der Waals surface area contributed by atoms with Crippen LogP contribution in [-0.4, -0.2) is 31.4 Å². The maximum Gasteiger partial charge on any atom is 0.335 e. The predicted molar refractivity (Wildman–Crippen MR) is 58.1 cm³/mol. The van der Waals surface area contributed by atoms with Crippen molar-refractivity contribution in [1.29, 1.82) is 0 Å². The Hall–Kier alpha value is -1.43. The number of methoxy groups -OCH3 is 1. The number of benzene rings is 1. The van der Waals surface area contributed by atoms with E-state index in [1.54, 1.807) is 25.3 Å². The fraction of sp³-hybridized carbons (Fsp3) is 0.364. The van der Waals surface area contributed by atoms with Gasteiger partial charge in [0.25, 0.3) is 0 Å². The van der Waals surface area contributed by atoms with Gasteiger partial charge in [0.15, 0.2) is 0 Å². The highest BCUT2D eigenvalue weighted by Crippen LogP contribution is 2.04. The summed E-state index contributed by atoms with van der Waals surface area (Å²) in [5.74, 6) is -0.929. The van der Waals surface area contributed by atoms with E-state index in [9.17, 15) is 4.79 Å². The van der Waals surface area contributed by atoms with Crippen LogP contribution in [0, 0.1) is 0 Å². The molecule has 0 aliphatic rings. The Morgan fingerprint density at radius 1 is 1.44 bits per heavy atom. The molecule has 0 radical (unpaired) electrons. The molecule has 0 aliphatic carbocycles. The molecule has 16 heavy (non-hydrogen) atoms. The second-order valence-corrected chi connectivity index (χ2v) is 3.17. The van der Waals surface area contributed by atoms with Crippen LogP contribution in [0.25, 0.3) is 0 Å². The van der Waals surface area contributed by atoms with Crippen LogP contribution in [0.2, 0.25) is 0 Å². The third-order valence-corrected chi connectivity index (χ3v) is 1.94. The van der Waals surface area contributed by atoms with Crippen molar-refractivity contribution in [3.05, 3.63) is 35.4 Å². The van der Waals surface area contributed by atoms with Crippen LogP contribution in [0.3, 0.4) is 0 Å².